The predicted octanol–water partition coefficient (Wildman–Crippen LogP) is 10.8. The van der Waals surface area contributed by atoms with Gasteiger partial charge in [-0.3, -0.25) is 4.98 Å². The Bertz CT molecular complexity index is 2850. The van der Waals surface area contributed by atoms with E-state index in [0.29, 0.717) is 46.7 Å². The summed E-state index contributed by atoms with van der Waals surface area (Å²) in [4.78, 5) is 10.8. The molecule has 1 saturated carbocycles. The Morgan fingerprint density at radius 3 is 2.29 bits per heavy atom. The second-order valence-electron chi connectivity index (χ2n) is 17.9. The van der Waals surface area contributed by atoms with E-state index >= 15 is 8.42 Å². The van der Waals surface area contributed by atoms with E-state index in [0.717, 1.165) is 53.5 Å². The number of aromatic nitrogens is 1. The number of pyridine rings is 1. The van der Waals surface area contributed by atoms with Crippen molar-refractivity contribution in [3.8, 4) is 28.4 Å². The summed E-state index contributed by atoms with van der Waals surface area (Å²) < 4.78 is 53.0. The number of unbranched alkanes of at least 4 members (excludes halogenated alkanes) is 2. The number of hydrogen-bond donors (Lipinski definition) is 2. The van der Waals surface area contributed by atoms with Crippen LogP contribution in [-0.4, -0.2) is 72.3 Å². The van der Waals surface area contributed by atoms with Crippen LogP contribution in [0.1, 0.15) is 62.0 Å². The van der Waals surface area contributed by atoms with Gasteiger partial charge >= 0.3 is 0 Å². The second-order valence-corrected chi connectivity index (χ2v) is 19.8. The number of sulfonamides is 1. The third kappa shape index (κ3) is 9.48. The maximum Gasteiger partial charge on any atom is 0.245 e. The standard InChI is InChI=1S/C56H59N3O8S/c1-3-34-64-56-52(59(2)68(62,63)51-24-14-21-42-22-15-31-57-55(42)51)37-49(58-65-38-39-16-6-4-7-17-39)47-35-43(20-10-12-32-60)46(23-11-13-33-61)53(54(47)56)48-36-45(29-30-50(48)67-56)66-44-27-25-41(26-28-44)40-18-8-5-9-19-40/h3-9,14-19,21-22,24-31,35-36,43,46,52-54,60-61H,1,10-13,20,23,32-34,37-38H2,2H3. The lowest BCUT2D eigenvalue weighted by Gasteiger charge is -2.59. The number of likely N-dealkylation sites (N-methyl/N-ethyl adjacent to an activating group) is 1. The number of benzene rings is 5. The molecule has 0 amide bonds. The quantitative estimate of drug-likeness (QED) is 0.0435. The maximum absolute atomic E-state index is 15.3. The third-order valence-electron chi connectivity index (χ3n) is 13.8. The second kappa shape index (κ2) is 21.0. The number of rotatable bonds is 20. The Kier molecular flexibility index (Phi) is 14.5. The minimum Gasteiger partial charge on any atom is -0.460 e. The van der Waals surface area contributed by atoms with Gasteiger partial charge in [0.25, 0.3) is 0 Å². The highest BCUT2D eigenvalue weighted by Crippen LogP contribution is 2.62. The number of allylic oxidation sites excluding steroid dienone is 1. The number of hydrogen-bond acceptors (Lipinski definition) is 10. The van der Waals surface area contributed by atoms with Gasteiger partial charge in [0.1, 0.15) is 28.8 Å². The molecule has 12 heteroatoms. The van der Waals surface area contributed by atoms with Crippen molar-refractivity contribution in [3.63, 3.8) is 0 Å². The number of oxime groups is 1. The number of para-hydroxylation sites is 1. The summed E-state index contributed by atoms with van der Waals surface area (Å²) in [5.41, 5.74) is 5.88. The van der Waals surface area contributed by atoms with E-state index in [2.05, 4.69) is 35.8 Å². The van der Waals surface area contributed by atoms with Crippen LogP contribution in [0.25, 0.3) is 22.0 Å². The monoisotopic (exact) mass is 933 g/mol. The minimum atomic E-state index is -4.29. The molecule has 5 aromatic carbocycles. The molecule has 9 rings (SSSR count). The van der Waals surface area contributed by atoms with Crippen LogP contribution in [0.2, 0.25) is 0 Å². The van der Waals surface area contributed by atoms with Crippen molar-refractivity contribution < 1.29 is 37.7 Å². The van der Waals surface area contributed by atoms with Gasteiger partial charge in [-0.05, 0) is 102 Å². The van der Waals surface area contributed by atoms with Crippen LogP contribution in [0.3, 0.4) is 0 Å². The van der Waals surface area contributed by atoms with Gasteiger partial charge in [-0.1, -0.05) is 121 Å². The molecule has 0 bridgehead atoms. The number of nitrogens with zero attached hydrogens (tertiary/aromatic N) is 3. The van der Waals surface area contributed by atoms with Gasteiger partial charge in [0.15, 0.2) is 0 Å². The first-order valence-corrected chi connectivity index (χ1v) is 25.1. The Morgan fingerprint density at radius 1 is 0.838 bits per heavy atom. The molecule has 1 fully saturated rings. The topological polar surface area (TPSA) is 140 Å². The fourth-order valence-corrected chi connectivity index (χ4v) is 12.1. The molecule has 2 heterocycles. The molecule has 11 nitrogen and oxygen atoms in total. The van der Waals surface area contributed by atoms with Gasteiger partial charge in [0.05, 0.1) is 29.8 Å². The lowest BCUT2D eigenvalue weighted by molar-refractivity contribution is -0.250. The molecular formula is C56H59N3O8S. The zero-order valence-electron chi connectivity index (χ0n) is 38.4. The van der Waals surface area contributed by atoms with E-state index in [1.807, 2.05) is 97.1 Å². The minimum absolute atomic E-state index is 0.0156. The summed E-state index contributed by atoms with van der Waals surface area (Å²) in [6.45, 7) is 4.46. The number of ether oxygens (including phenoxy) is 3. The molecule has 1 aromatic heterocycles. The Balaban J connectivity index is 1.21. The van der Waals surface area contributed by atoms with Crippen molar-refractivity contribution in [2.24, 2.45) is 22.9 Å². The first kappa shape index (κ1) is 46.9. The largest absolute Gasteiger partial charge is 0.460 e. The maximum atomic E-state index is 15.3. The van der Waals surface area contributed by atoms with Crippen LogP contribution in [0, 0.1) is 17.8 Å². The number of aliphatic hydroxyl groups is 2. The summed E-state index contributed by atoms with van der Waals surface area (Å²) in [6, 6.07) is 41.7. The normalized spacial score (nSPS) is 22.5. The van der Waals surface area contributed by atoms with E-state index in [4.69, 9.17) is 24.2 Å². The van der Waals surface area contributed by atoms with E-state index in [1.165, 1.54) is 4.31 Å². The zero-order chi connectivity index (χ0) is 47.1. The Labute approximate surface area is 399 Å². The van der Waals surface area contributed by atoms with E-state index in [1.54, 1.807) is 37.5 Å². The van der Waals surface area contributed by atoms with Gasteiger partial charge in [-0.15, -0.1) is 6.58 Å². The molecule has 0 saturated heterocycles. The van der Waals surface area contributed by atoms with Crippen LogP contribution in [0.5, 0.6) is 17.2 Å². The first-order valence-electron chi connectivity index (χ1n) is 23.6. The summed E-state index contributed by atoms with van der Waals surface area (Å²) in [6.07, 6.45) is 10.0. The van der Waals surface area contributed by atoms with Gasteiger partial charge < -0.3 is 29.3 Å². The van der Waals surface area contributed by atoms with Crippen LogP contribution >= 0.6 is 0 Å². The molecule has 6 aromatic rings. The average molecular weight is 934 g/mol. The van der Waals surface area contributed by atoms with Crippen LogP contribution in [-0.2, 0) is 26.2 Å². The molecule has 2 aliphatic carbocycles. The first-order chi connectivity index (χ1) is 33.2. The molecule has 6 atom stereocenters. The molecule has 3 aliphatic rings. The van der Waals surface area contributed by atoms with Gasteiger partial charge in [-0.2, -0.15) is 4.31 Å². The molecule has 0 spiro atoms. The summed E-state index contributed by atoms with van der Waals surface area (Å²) in [5.74, 6) is -0.617. The van der Waals surface area contributed by atoms with E-state index in [9.17, 15) is 10.2 Å². The molecule has 68 heavy (non-hydrogen) atoms. The fourth-order valence-electron chi connectivity index (χ4n) is 10.6. The highest BCUT2D eigenvalue weighted by Gasteiger charge is 2.65. The van der Waals surface area contributed by atoms with Crippen molar-refractivity contribution >= 4 is 26.6 Å². The average Bonchev–Trinajstić information content (AvgIpc) is 3.37. The summed E-state index contributed by atoms with van der Waals surface area (Å²) >= 11 is 0. The molecule has 6 unspecified atom stereocenters. The van der Waals surface area contributed by atoms with Crippen molar-refractivity contribution in [3.05, 3.63) is 175 Å². The molecule has 1 aliphatic heterocycles. The van der Waals surface area contributed by atoms with Crippen molar-refractivity contribution in [2.45, 2.75) is 74.2 Å². The molecular weight excluding hydrogens is 875 g/mol. The third-order valence-corrected chi connectivity index (χ3v) is 15.7. The van der Waals surface area contributed by atoms with Gasteiger partial charge in [0.2, 0.25) is 15.8 Å². The number of aliphatic hydroxyl groups excluding tert-OH is 2. The SMILES string of the molecule is C=CCOC12Oc3ccc(Oc4ccc(-c5ccccc5)cc4)cc3C3C(CCCCO)C(CCCCO)C=C(C(=NOCc4ccccc4)CC1N(C)S(=O)(=O)c1cccc4cccnc14)C32. The van der Waals surface area contributed by atoms with Crippen LogP contribution in [0.4, 0.5) is 0 Å². The lowest BCUT2D eigenvalue weighted by Crippen LogP contribution is -2.69. The Hall–Kier alpha value is -6.15. The summed E-state index contributed by atoms with van der Waals surface area (Å²) in [7, 11) is -2.70. The predicted molar refractivity (Wildman–Crippen MR) is 265 cm³/mol. The molecule has 2 N–H and O–H groups in total. The smallest absolute Gasteiger partial charge is 0.245 e. The molecule has 0 radical (unpaired) electrons. The van der Waals surface area contributed by atoms with Crippen LogP contribution in [0.15, 0.2) is 174 Å². The Morgan fingerprint density at radius 2 is 1.54 bits per heavy atom. The van der Waals surface area contributed by atoms with Crippen molar-refractivity contribution in [1.29, 1.82) is 0 Å². The highest BCUT2D eigenvalue weighted by atomic mass is 32.2. The highest BCUT2D eigenvalue weighted by molar-refractivity contribution is 7.89. The summed E-state index contributed by atoms with van der Waals surface area (Å²) in [5, 5.41) is 25.7. The van der Waals surface area contributed by atoms with E-state index < -0.39 is 27.8 Å². The van der Waals surface area contributed by atoms with Crippen molar-refractivity contribution in [2.75, 3.05) is 26.9 Å². The van der Waals surface area contributed by atoms with Gasteiger partial charge in [-0.25, -0.2) is 8.42 Å². The number of fused-ring (bicyclic) bond motifs is 3. The lowest BCUT2D eigenvalue weighted by atomic mass is 9.55. The molecule has 352 valence electrons. The van der Waals surface area contributed by atoms with Gasteiger partial charge in [0, 0.05) is 49.7 Å². The van der Waals surface area contributed by atoms with Crippen LogP contribution < -0.4 is 9.47 Å². The van der Waals surface area contributed by atoms with E-state index in [-0.39, 0.29) is 55.5 Å². The van der Waals surface area contributed by atoms with Crippen molar-refractivity contribution in [1.82, 2.24) is 9.29 Å². The fraction of sp³-hybridized carbons (Fsp3) is 0.321. The zero-order valence-corrected chi connectivity index (χ0v) is 39.2.